The number of anilines is 1. The Labute approximate surface area is 106 Å². The molecule has 19 heavy (non-hydrogen) atoms. The van der Waals surface area contributed by atoms with Crippen molar-refractivity contribution in [2.75, 3.05) is 31.2 Å². The zero-order valence-corrected chi connectivity index (χ0v) is 9.81. The van der Waals surface area contributed by atoms with Gasteiger partial charge in [0.15, 0.2) is 0 Å². The summed E-state index contributed by atoms with van der Waals surface area (Å²) >= 11 is 0. The fraction of sp³-hybridized carbons (Fsp3) is 0.400. The van der Waals surface area contributed by atoms with Gasteiger partial charge in [0.05, 0.1) is 24.2 Å². The van der Waals surface area contributed by atoms with Crippen molar-refractivity contribution in [1.29, 1.82) is 0 Å². The highest BCUT2D eigenvalue weighted by Crippen LogP contribution is 2.31. The fourth-order valence-corrected chi connectivity index (χ4v) is 2.10. The highest BCUT2D eigenvalue weighted by molar-refractivity contribution is 5.82. The number of aromatic nitrogens is 2. The van der Waals surface area contributed by atoms with Crippen LogP contribution in [0, 0.1) is 15.3 Å². The third-order valence-corrected chi connectivity index (χ3v) is 3.03. The van der Waals surface area contributed by atoms with E-state index in [9.17, 15) is 15.3 Å². The van der Waals surface area contributed by atoms with Crippen molar-refractivity contribution in [3.05, 3.63) is 27.5 Å². The minimum Gasteiger partial charge on any atom is -0.378 e. The van der Waals surface area contributed by atoms with Crippen LogP contribution in [0.15, 0.2) is 16.8 Å². The van der Waals surface area contributed by atoms with E-state index in [1.54, 1.807) is 0 Å². The van der Waals surface area contributed by atoms with E-state index in [0.29, 0.717) is 32.0 Å². The van der Waals surface area contributed by atoms with Crippen LogP contribution >= 0.6 is 0 Å². The molecule has 1 aliphatic rings. The van der Waals surface area contributed by atoms with E-state index in [1.165, 1.54) is 12.1 Å². The second-order valence-corrected chi connectivity index (χ2v) is 4.12. The number of rotatable bonds is 2. The predicted molar refractivity (Wildman–Crippen MR) is 62.7 cm³/mol. The minimum absolute atomic E-state index is 0.0942. The van der Waals surface area contributed by atoms with Crippen molar-refractivity contribution in [1.82, 2.24) is 5.16 Å². The second kappa shape index (κ2) is 4.35. The van der Waals surface area contributed by atoms with Gasteiger partial charge in [0.1, 0.15) is 5.69 Å². The Morgan fingerprint density at radius 1 is 1.37 bits per heavy atom. The zero-order valence-electron chi connectivity index (χ0n) is 9.81. The van der Waals surface area contributed by atoms with E-state index in [2.05, 4.69) is 9.79 Å². The quantitative estimate of drug-likeness (QED) is 0.434. The maximum Gasteiger partial charge on any atom is 0.297 e. The number of hydrogen-bond donors (Lipinski definition) is 0. The van der Waals surface area contributed by atoms with Crippen LogP contribution in [0.3, 0.4) is 0 Å². The largest absolute Gasteiger partial charge is 0.378 e. The number of nitro benzene ring substituents is 1. The molecule has 0 unspecified atom stereocenters. The van der Waals surface area contributed by atoms with Crippen molar-refractivity contribution >= 4 is 22.4 Å². The molecule has 0 N–H and O–H groups in total. The molecule has 0 saturated carbocycles. The zero-order chi connectivity index (χ0) is 13.4. The van der Waals surface area contributed by atoms with Gasteiger partial charge in [0, 0.05) is 24.3 Å². The SMILES string of the molecule is O=[N+]([O-])c1cc2no[n+]([O-])c2cc1N1CCOCC1. The van der Waals surface area contributed by atoms with Crippen LogP contribution in [0.2, 0.25) is 0 Å². The first kappa shape index (κ1) is 11.7. The van der Waals surface area contributed by atoms with Crippen molar-refractivity contribution in [2.45, 2.75) is 0 Å². The van der Waals surface area contributed by atoms with E-state index in [-0.39, 0.29) is 21.6 Å². The number of ether oxygens (including phenoxy) is 1. The monoisotopic (exact) mass is 266 g/mol. The van der Waals surface area contributed by atoms with Crippen molar-refractivity contribution in [3.63, 3.8) is 0 Å². The van der Waals surface area contributed by atoms with Gasteiger partial charge in [-0.05, 0) is 4.90 Å². The highest BCUT2D eigenvalue weighted by Gasteiger charge is 2.26. The van der Waals surface area contributed by atoms with E-state index in [0.717, 1.165) is 0 Å². The third kappa shape index (κ3) is 1.93. The van der Waals surface area contributed by atoms with Gasteiger partial charge in [0.25, 0.3) is 11.2 Å². The first-order valence-electron chi connectivity index (χ1n) is 5.67. The molecule has 100 valence electrons. The Morgan fingerprint density at radius 2 is 2.11 bits per heavy atom. The number of benzene rings is 1. The molecule has 2 heterocycles. The standard InChI is InChI=1S/C10H10N4O5/c15-13(16)10-5-7-8(14(17)19-11-7)6-9(10)12-1-3-18-4-2-12/h5-6H,1-4H2. The van der Waals surface area contributed by atoms with Gasteiger partial charge in [0.2, 0.25) is 5.52 Å². The van der Waals surface area contributed by atoms with Gasteiger partial charge in [-0.2, -0.15) is 0 Å². The molecule has 3 rings (SSSR count). The van der Waals surface area contributed by atoms with Gasteiger partial charge >= 0.3 is 0 Å². The van der Waals surface area contributed by atoms with E-state index < -0.39 is 4.92 Å². The lowest BCUT2D eigenvalue weighted by molar-refractivity contribution is -0.782. The predicted octanol–water partition coefficient (Wildman–Crippen LogP) is 0.206. The number of nitrogens with zero attached hydrogens (tertiary/aromatic N) is 4. The molecular formula is C10H10N4O5. The Morgan fingerprint density at radius 3 is 2.79 bits per heavy atom. The lowest BCUT2D eigenvalue weighted by Crippen LogP contribution is -2.36. The van der Waals surface area contributed by atoms with E-state index >= 15 is 0 Å². The lowest BCUT2D eigenvalue weighted by Gasteiger charge is -2.28. The van der Waals surface area contributed by atoms with Gasteiger partial charge < -0.3 is 14.8 Å². The number of hydrogen-bond acceptors (Lipinski definition) is 7. The Kier molecular flexibility index (Phi) is 2.67. The molecule has 1 saturated heterocycles. The molecular weight excluding hydrogens is 256 g/mol. The molecule has 0 aliphatic carbocycles. The molecule has 0 amide bonds. The first-order chi connectivity index (χ1) is 9.16. The third-order valence-electron chi connectivity index (χ3n) is 3.03. The Balaban J connectivity index is 2.15. The Bertz CT molecular complexity index is 634. The summed E-state index contributed by atoms with van der Waals surface area (Å²) in [6, 6.07) is 2.68. The van der Waals surface area contributed by atoms with Crippen LogP contribution in [-0.4, -0.2) is 36.4 Å². The molecule has 1 fully saturated rings. The van der Waals surface area contributed by atoms with Crippen LogP contribution < -0.4 is 9.80 Å². The smallest absolute Gasteiger partial charge is 0.297 e. The summed E-state index contributed by atoms with van der Waals surface area (Å²) in [6.45, 7) is 2.07. The van der Waals surface area contributed by atoms with E-state index in [4.69, 9.17) is 4.74 Å². The average Bonchev–Trinajstić information content (AvgIpc) is 2.79. The fourth-order valence-electron chi connectivity index (χ4n) is 2.10. The molecule has 1 aromatic heterocycles. The van der Waals surface area contributed by atoms with Crippen molar-refractivity contribution in [2.24, 2.45) is 0 Å². The summed E-state index contributed by atoms with van der Waals surface area (Å²) < 4.78 is 9.65. The number of morpholine rings is 1. The van der Waals surface area contributed by atoms with Crippen molar-refractivity contribution in [3.8, 4) is 0 Å². The summed E-state index contributed by atoms with van der Waals surface area (Å²) in [5, 5.41) is 26.0. The molecule has 0 spiro atoms. The molecule has 0 atom stereocenters. The average molecular weight is 266 g/mol. The lowest BCUT2D eigenvalue weighted by atomic mass is 10.2. The van der Waals surface area contributed by atoms with Gasteiger partial charge in [-0.15, -0.1) is 0 Å². The summed E-state index contributed by atoms with van der Waals surface area (Å²) in [5.41, 5.74) is 0.628. The van der Waals surface area contributed by atoms with Crippen LogP contribution in [0.5, 0.6) is 0 Å². The summed E-state index contributed by atoms with van der Waals surface area (Å²) in [4.78, 5) is 12.7. The van der Waals surface area contributed by atoms with E-state index in [1.807, 2.05) is 4.90 Å². The molecule has 0 radical (unpaired) electrons. The molecule has 2 aromatic rings. The van der Waals surface area contributed by atoms with Crippen LogP contribution in [0.1, 0.15) is 0 Å². The molecule has 1 aliphatic heterocycles. The first-order valence-corrected chi connectivity index (χ1v) is 5.67. The Hall–Kier alpha value is -2.42. The summed E-state index contributed by atoms with van der Waals surface area (Å²) in [6.07, 6.45) is 0. The van der Waals surface area contributed by atoms with Gasteiger partial charge in [-0.1, -0.05) is 0 Å². The summed E-state index contributed by atoms with van der Waals surface area (Å²) in [5.74, 6) is 0. The maximum atomic E-state index is 11.4. The summed E-state index contributed by atoms with van der Waals surface area (Å²) in [7, 11) is 0. The van der Waals surface area contributed by atoms with Crippen LogP contribution in [-0.2, 0) is 4.74 Å². The topological polar surface area (TPSA) is 109 Å². The number of fused-ring (bicyclic) bond motifs is 1. The van der Waals surface area contributed by atoms with Gasteiger partial charge in [-0.3, -0.25) is 14.7 Å². The highest BCUT2D eigenvalue weighted by atomic mass is 16.8. The van der Waals surface area contributed by atoms with Crippen molar-refractivity contribution < 1.29 is 19.2 Å². The molecule has 9 nitrogen and oxygen atoms in total. The molecule has 0 bridgehead atoms. The van der Waals surface area contributed by atoms with Crippen LogP contribution in [0.25, 0.3) is 11.0 Å². The van der Waals surface area contributed by atoms with Crippen LogP contribution in [0.4, 0.5) is 11.4 Å². The normalized spacial score (nSPS) is 15.9. The maximum absolute atomic E-state index is 11.4. The number of nitro groups is 1. The second-order valence-electron chi connectivity index (χ2n) is 4.12. The molecule has 1 aromatic carbocycles. The van der Waals surface area contributed by atoms with Gasteiger partial charge in [-0.25, -0.2) is 0 Å². The molecule has 9 heteroatoms. The minimum atomic E-state index is -0.492.